The highest BCUT2D eigenvalue weighted by Gasteiger charge is 2.06. The lowest BCUT2D eigenvalue weighted by molar-refractivity contribution is -0.118. The molecule has 1 amide bonds. The molecule has 21 heavy (non-hydrogen) atoms. The molecule has 0 aromatic heterocycles. The SMILES string of the molecule is N#CCc1ccc(NC(=O)COc2ccccc2F)cc1. The molecule has 0 spiro atoms. The van der Waals surface area contributed by atoms with Gasteiger partial charge in [0, 0.05) is 5.69 Å². The third kappa shape index (κ3) is 4.32. The lowest BCUT2D eigenvalue weighted by atomic mass is 10.1. The van der Waals surface area contributed by atoms with Crippen LogP contribution in [0.3, 0.4) is 0 Å². The monoisotopic (exact) mass is 284 g/mol. The van der Waals surface area contributed by atoms with Crippen LogP contribution in [0.25, 0.3) is 0 Å². The number of amides is 1. The van der Waals surface area contributed by atoms with Crippen molar-refractivity contribution < 1.29 is 13.9 Å². The summed E-state index contributed by atoms with van der Waals surface area (Å²) in [4.78, 5) is 11.7. The minimum absolute atomic E-state index is 0.0389. The average molecular weight is 284 g/mol. The zero-order chi connectivity index (χ0) is 15.1. The van der Waals surface area contributed by atoms with Crippen molar-refractivity contribution in [3.8, 4) is 11.8 Å². The van der Waals surface area contributed by atoms with Gasteiger partial charge in [-0.15, -0.1) is 0 Å². The van der Waals surface area contributed by atoms with Crippen LogP contribution in [-0.2, 0) is 11.2 Å². The smallest absolute Gasteiger partial charge is 0.262 e. The second kappa shape index (κ2) is 7.06. The van der Waals surface area contributed by atoms with Gasteiger partial charge in [-0.05, 0) is 29.8 Å². The molecule has 0 atom stereocenters. The van der Waals surface area contributed by atoms with E-state index in [1.807, 2.05) is 6.07 Å². The molecule has 4 nitrogen and oxygen atoms in total. The number of nitrogens with one attached hydrogen (secondary N) is 1. The Hall–Kier alpha value is -2.87. The van der Waals surface area contributed by atoms with Crippen molar-refractivity contribution in [3.63, 3.8) is 0 Å². The maximum atomic E-state index is 13.3. The normalized spacial score (nSPS) is 9.71. The molecular weight excluding hydrogens is 271 g/mol. The van der Waals surface area contributed by atoms with Crippen molar-refractivity contribution in [1.82, 2.24) is 0 Å². The number of halogens is 1. The summed E-state index contributed by atoms with van der Waals surface area (Å²) in [5, 5.41) is 11.2. The van der Waals surface area contributed by atoms with Gasteiger partial charge in [-0.25, -0.2) is 4.39 Å². The Labute approximate surface area is 121 Å². The van der Waals surface area contributed by atoms with Gasteiger partial charge in [-0.2, -0.15) is 5.26 Å². The highest BCUT2D eigenvalue weighted by molar-refractivity contribution is 5.91. The second-order valence-corrected chi connectivity index (χ2v) is 4.30. The molecule has 0 radical (unpaired) electrons. The number of nitriles is 1. The van der Waals surface area contributed by atoms with E-state index in [1.165, 1.54) is 12.1 Å². The van der Waals surface area contributed by atoms with E-state index in [9.17, 15) is 9.18 Å². The standard InChI is InChI=1S/C16H13FN2O2/c17-14-3-1-2-4-15(14)21-11-16(20)19-13-7-5-12(6-8-13)9-10-18/h1-8H,9,11H2,(H,19,20). The number of hydrogen-bond donors (Lipinski definition) is 1. The van der Waals surface area contributed by atoms with E-state index in [1.54, 1.807) is 36.4 Å². The van der Waals surface area contributed by atoms with E-state index in [0.717, 1.165) is 5.56 Å². The Kier molecular flexibility index (Phi) is 4.89. The molecule has 2 aromatic rings. The minimum Gasteiger partial charge on any atom is -0.481 e. The Bertz CT molecular complexity index is 663. The van der Waals surface area contributed by atoms with E-state index in [2.05, 4.69) is 5.32 Å². The number of carbonyl (C=O) groups is 1. The Morgan fingerprint density at radius 2 is 1.90 bits per heavy atom. The molecule has 0 saturated heterocycles. The first kappa shape index (κ1) is 14.5. The molecule has 1 N–H and O–H groups in total. The third-order valence-corrected chi connectivity index (χ3v) is 2.72. The van der Waals surface area contributed by atoms with Gasteiger partial charge in [0.05, 0.1) is 12.5 Å². The summed E-state index contributed by atoms with van der Waals surface area (Å²) in [6, 6.07) is 14.9. The van der Waals surface area contributed by atoms with Crippen molar-refractivity contribution in [3.05, 3.63) is 59.9 Å². The Morgan fingerprint density at radius 3 is 2.57 bits per heavy atom. The van der Waals surface area contributed by atoms with E-state index in [0.29, 0.717) is 12.1 Å². The van der Waals surface area contributed by atoms with Crippen molar-refractivity contribution >= 4 is 11.6 Å². The fourth-order valence-corrected chi connectivity index (χ4v) is 1.70. The molecule has 2 aromatic carbocycles. The Morgan fingerprint density at radius 1 is 1.19 bits per heavy atom. The molecule has 0 fully saturated rings. The van der Waals surface area contributed by atoms with Gasteiger partial charge in [0.15, 0.2) is 18.2 Å². The Balaban J connectivity index is 1.87. The number of nitrogens with zero attached hydrogens (tertiary/aromatic N) is 1. The van der Waals surface area contributed by atoms with Gasteiger partial charge >= 0.3 is 0 Å². The van der Waals surface area contributed by atoms with Crippen LogP contribution in [0.15, 0.2) is 48.5 Å². The van der Waals surface area contributed by atoms with Gasteiger partial charge in [0.25, 0.3) is 5.91 Å². The highest BCUT2D eigenvalue weighted by atomic mass is 19.1. The van der Waals surface area contributed by atoms with E-state index < -0.39 is 5.82 Å². The molecule has 0 aliphatic heterocycles. The summed E-state index contributed by atoms with van der Waals surface area (Å²) in [6.07, 6.45) is 0.324. The largest absolute Gasteiger partial charge is 0.481 e. The molecule has 0 bridgehead atoms. The predicted molar refractivity (Wildman–Crippen MR) is 76.3 cm³/mol. The number of ether oxygens (including phenoxy) is 1. The van der Waals surface area contributed by atoms with E-state index in [4.69, 9.17) is 10.00 Å². The molecule has 5 heteroatoms. The fraction of sp³-hybridized carbons (Fsp3) is 0.125. The van der Waals surface area contributed by atoms with Crippen LogP contribution in [0.4, 0.5) is 10.1 Å². The van der Waals surface area contributed by atoms with Crippen molar-refractivity contribution in [2.75, 3.05) is 11.9 Å². The summed E-state index contributed by atoms with van der Waals surface area (Å²) in [7, 11) is 0. The quantitative estimate of drug-likeness (QED) is 0.918. The maximum Gasteiger partial charge on any atom is 0.262 e. The maximum absolute atomic E-state index is 13.3. The predicted octanol–water partition coefficient (Wildman–Crippen LogP) is 2.91. The lowest BCUT2D eigenvalue weighted by Crippen LogP contribution is -2.20. The number of carbonyl (C=O) groups excluding carboxylic acids is 1. The number of hydrogen-bond acceptors (Lipinski definition) is 3. The number of rotatable bonds is 5. The molecule has 0 aliphatic rings. The van der Waals surface area contributed by atoms with Gasteiger partial charge in [-0.1, -0.05) is 24.3 Å². The van der Waals surface area contributed by atoms with Gasteiger partial charge in [0.2, 0.25) is 0 Å². The first-order chi connectivity index (χ1) is 10.2. The highest BCUT2D eigenvalue weighted by Crippen LogP contribution is 2.15. The fourth-order valence-electron chi connectivity index (χ4n) is 1.70. The molecule has 0 saturated carbocycles. The average Bonchev–Trinajstić information content (AvgIpc) is 2.49. The number of benzene rings is 2. The molecular formula is C16H13FN2O2. The first-order valence-electron chi connectivity index (χ1n) is 6.32. The van der Waals surface area contributed by atoms with Crippen molar-refractivity contribution in [2.24, 2.45) is 0 Å². The zero-order valence-electron chi connectivity index (χ0n) is 11.2. The van der Waals surface area contributed by atoms with Crippen LogP contribution in [0.5, 0.6) is 5.75 Å². The van der Waals surface area contributed by atoms with Crippen molar-refractivity contribution in [2.45, 2.75) is 6.42 Å². The van der Waals surface area contributed by atoms with Crippen LogP contribution in [0.1, 0.15) is 5.56 Å². The van der Waals surface area contributed by atoms with Crippen LogP contribution in [0.2, 0.25) is 0 Å². The zero-order valence-corrected chi connectivity index (χ0v) is 11.2. The summed E-state index contributed by atoms with van der Waals surface area (Å²) < 4.78 is 18.4. The first-order valence-corrected chi connectivity index (χ1v) is 6.32. The summed E-state index contributed by atoms with van der Waals surface area (Å²) in [5.41, 5.74) is 1.47. The van der Waals surface area contributed by atoms with Gasteiger partial charge < -0.3 is 10.1 Å². The lowest BCUT2D eigenvalue weighted by Gasteiger charge is -2.08. The molecule has 0 heterocycles. The summed E-state index contributed by atoms with van der Waals surface area (Å²) >= 11 is 0. The van der Waals surface area contributed by atoms with Crippen LogP contribution < -0.4 is 10.1 Å². The summed E-state index contributed by atoms with van der Waals surface area (Å²) in [6.45, 7) is -0.277. The molecule has 2 rings (SSSR count). The molecule has 0 aliphatic carbocycles. The van der Waals surface area contributed by atoms with E-state index >= 15 is 0 Å². The molecule has 0 unspecified atom stereocenters. The number of anilines is 1. The van der Waals surface area contributed by atoms with Crippen LogP contribution >= 0.6 is 0 Å². The number of para-hydroxylation sites is 1. The van der Waals surface area contributed by atoms with Gasteiger partial charge in [0.1, 0.15) is 0 Å². The molecule has 106 valence electrons. The second-order valence-electron chi connectivity index (χ2n) is 4.30. The topological polar surface area (TPSA) is 62.1 Å². The minimum atomic E-state index is -0.508. The van der Waals surface area contributed by atoms with Gasteiger partial charge in [-0.3, -0.25) is 4.79 Å². The van der Waals surface area contributed by atoms with Crippen LogP contribution in [0, 0.1) is 17.1 Å². The summed E-state index contributed by atoms with van der Waals surface area (Å²) in [5.74, 6) is -0.852. The third-order valence-electron chi connectivity index (χ3n) is 2.72. The van der Waals surface area contributed by atoms with Crippen molar-refractivity contribution in [1.29, 1.82) is 5.26 Å². The van der Waals surface area contributed by atoms with E-state index in [-0.39, 0.29) is 18.3 Å². The van der Waals surface area contributed by atoms with Crippen LogP contribution in [-0.4, -0.2) is 12.5 Å².